The molecule has 0 heterocycles. The lowest BCUT2D eigenvalue weighted by Gasteiger charge is -2.12. The van der Waals surface area contributed by atoms with Gasteiger partial charge in [-0.1, -0.05) is 227 Å². The molecule has 1 unspecified atom stereocenters. The highest BCUT2D eigenvalue weighted by atomic mass is 28.3. The summed E-state index contributed by atoms with van der Waals surface area (Å²) in [5.41, 5.74) is 6.72. The lowest BCUT2D eigenvalue weighted by molar-refractivity contribution is -0.384. The number of nitro benzene ring substituents is 1. The SMILES string of the molecule is CCCCC(CC)CN=Cc1ccccc1O.CCCCCCN=Cc1ccccc1O.CCCCN=Cc1ccccc1O.CCCN=Cc1c(O)ccc2ccccc12.CCCN=Cc1cc([N+](=O)[O-])ccc1O.C[Si](C)(C)CCN=Cc1ccccc1O.C[Si](C)(C)N=Cc1ccccc1O.Oc1ccccc1C=Nc1ccccc1. The van der Waals surface area contributed by atoms with Crippen LogP contribution >= 0.6 is 0 Å². The molecule has 0 aromatic heterocycles. The van der Waals surface area contributed by atoms with Gasteiger partial charge in [0.15, 0.2) is 8.24 Å². The average molecular weight is 1650 g/mol. The van der Waals surface area contributed by atoms with Crippen LogP contribution in [-0.4, -0.2) is 151 Å². The van der Waals surface area contributed by atoms with Crippen molar-refractivity contribution < 1.29 is 45.8 Å². The zero-order chi connectivity index (χ0) is 87.3. The fraction of sp³-hybridized carbons (Fsp3) is 0.327. The molecule has 10 rings (SSSR count). The van der Waals surface area contributed by atoms with Crippen LogP contribution in [0, 0.1) is 16.0 Å². The number of unbranched alkanes of at least 4 members (excludes halogenated alkanes) is 5. The van der Waals surface area contributed by atoms with Crippen LogP contribution in [-0.2, 0) is 0 Å². The number of para-hydroxylation sites is 7. The van der Waals surface area contributed by atoms with Crippen molar-refractivity contribution in [2.45, 2.75) is 164 Å². The van der Waals surface area contributed by atoms with Gasteiger partial charge in [-0.3, -0.25) is 45.1 Å². The summed E-state index contributed by atoms with van der Waals surface area (Å²) in [4.78, 5) is 39.8. The van der Waals surface area contributed by atoms with E-state index in [-0.39, 0.29) is 17.2 Å². The van der Waals surface area contributed by atoms with Crippen molar-refractivity contribution >= 4 is 88.2 Å². The Morgan fingerprint density at radius 2 is 0.739 bits per heavy atom. The molecular formula is C98H129N9O10Si2. The lowest BCUT2D eigenvalue weighted by atomic mass is 10.00. The molecule has 8 N–H and O–H groups in total. The molecular weight excluding hydrogens is 1520 g/mol. The number of benzene rings is 10. The molecule has 10 aromatic carbocycles. The summed E-state index contributed by atoms with van der Waals surface area (Å²) in [6, 6.07) is 69.7. The van der Waals surface area contributed by atoms with E-state index in [1.54, 1.807) is 104 Å². The Morgan fingerprint density at radius 3 is 1.18 bits per heavy atom. The largest absolute Gasteiger partial charge is 0.507 e. The van der Waals surface area contributed by atoms with E-state index in [1.807, 2.05) is 159 Å². The molecule has 0 aliphatic heterocycles. The van der Waals surface area contributed by atoms with E-state index in [4.69, 9.17) is 0 Å². The van der Waals surface area contributed by atoms with Gasteiger partial charge in [-0.2, -0.15) is 0 Å². The number of aromatic hydroxyl groups is 8. The van der Waals surface area contributed by atoms with Crippen molar-refractivity contribution in [1.82, 2.24) is 0 Å². The maximum absolute atomic E-state index is 10.5. The van der Waals surface area contributed by atoms with Crippen molar-refractivity contribution in [1.29, 1.82) is 0 Å². The van der Waals surface area contributed by atoms with Gasteiger partial charge in [-0.15, -0.1) is 0 Å². The van der Waals surface area contributed by atoms with Gasteiger partial charge in [0.25, 0.3) is 5.69 Å². The van der Waals surface area contributed by atoms with Crippen LogP contribution in [0.2, 0.25) is 45.3 Å². The molecule has 0 fully saturated rings. The summed E-state index contributed by atoms with van der Waals surface area (Å²) < 4.78 is 4.44. The van der Waals surface area contributed by atoms with Crippen LogP contribution in [0.1, 0.15) is 163 Å². The number of nitro groups is 1. The van der Waals surface area contributed by atoms with Crippen LogP contribution in [0.5, 0.6) is 46.0 Å². The second-order valence-electron chi connectivity index (χ2n) is 29.9. The molecule has 10 aromatic rings. The zero-order valence-corrected chi connectivity index (χ0v) is 74.0. The van der Waals surface area contributed by atoms with E-state index in [0.717, 1.165) is 120 Å². The summed E-state index contributed by atoms with van der Waals surface area (Å²) in [6.07, 6.45) is 27.7. The van der Waals surface area contributed by atoms with E-state index < -0.39 is 21.2 Å². The standard InChI is InChI=1S/C15H23NO.C14H15NO.C13H11NO.C13H19NO.C12H19NOSi.C11H15NO.C10H12N2O3.C10H15NOSi/c1-3-5-8-13(4-2)11-16-12-14-9-6-7-10-15(14)17;1-2-9-15-10-13-12-6-4-3-5-11(12)7-8-14(13)16;15-13-9-5-4-6-11(13)10-14-12-7-2-1-3-8-12;1-2-3-4-7-10-14-11-12-8-5-6-9-13(12)15;1-15(2,3)9-8-13-10-11-6-4-5-7-12(11)14;1-2-3-8-12-9-10-6-4-5-7-11(10)13;1-2-5-11-7-8-6-9(12(14)15)3-4-10(8)13;1-13(2,3)11-8-9-6-4-5-7-10(9)12/h6-7,9-10,12-13,17H,3-5,8,11H2,1-2H3;3-8,10,16H,2,9H2,1H3;1-10,15H;5-6,8-9,11,15H,2-4,7,10H2,1H3;4-7,10,14H,8-9H2,1-3H3;4-7,9,13H,2-3,8H2,1H3;3-4,6-7,13H,2,5H2,1H3;4-8,12H,1-3H3. The molecule has 0 radical (unpaired) electrons. The number of rotatable bonds is 32. The molecule has 21 heteroatoms. The minimum Gasteiger partial charge on any atom is -0.507 e. The van der Waals surface area contributed by atoms with Crippen LogP contribution in [0.4, 0.5) is 11.4 Å². The normalized spacial score (nSPS) is 11.5. The van der Waals surface area contributed by atoms with Gasteiger partial charge in [-0.25, -0.2) is 0 Å². The highest BCUT2D eigenvalue weighted by Crippen LogP contribution is 2.27. The van der Waals surface area contributed by atoms with Gasteiger partial charge in [0.1, 0.15) is 46.0 Å². The van der Waals surface area contributed by atoms with Crippen molar-refractivity contribution in [3.05, 3.63) is 285 Å². The van der Waals surface area contributed by atoms with Gasteiger partial charge >= 0.3 is 0 Å². The molecule has 19 nitrogen and oxygen atoms in total. The monoisotopic (exact) mass is 1650 g/mol. The molecule has 1 atom stereocenters. The molecule has 0 bridgehead atoms. The molecule has 0 spiro atoms. The first-order valence-electron chi connectivity index (χ1n) is 41.3. The summed E-state index contributed by atoms with van der Waals surface area (Å²) >= 11 is 0. The Labute approximate surface area is 709 Å². The number of nitrogens with zero attached hydrogens (tertiary/aromatic N) is 9. The fourth-order valence-corrected chi connectivity index (χ4v) is 11.6. The van der Waals surface area contributed by atoms with Crippen molar-refractivity contribution in [3.63, 3.8) is 0 Å². The first kappa shape index (κ1) is 101. The van der Waals surface area contributed by atoms with Gasteiger partial charge in [0, 0.05) is 154 Å². The second kappa shape index (κ2) is 60.5. The Hall–Kier alpha value is -11.9. The van der Waals surface area contributed by atoms with Crippen molar-refractivity contribution in [2.24, 2.45) is 45.5 Å². The summed E-state index contributed by atoms with van der Waals surface area (Å²) in [7, 11) is -2.39. The van der Waals surface area contributed by atoms with E-state index in [9.17, 15) is 51.0 Å². The number of fused-ring (bicyclic) bond motifs is 1. The summed E-state index contributed by atoms with van der Waals surface area (Å²) in [6.45, 7) is 31.2. The first-order chi connectivity index (χ1) is 57.3. The van der Waals surface area contributed by atoms with Crippen molar-refractivity contribution in [3.8, 4) is 46.0 Å². The van der Waals surface area contributed by atoms with Crippen molar-refractivity contribution in [2.75, 3.05) is 39.3 Å². The number of hydrogen-bond donors (Lipinski definition) is 8. The van der Waals surface area contributed by atoms with Gasteiger partial charge in [0.2, 0.25) is 0 Å². The zero-order valence-electron chi connectivity index (χ0n) is 72.0. The third-order valence-electron chi connectivity index (χ3n) is 17.2. The van der Waals surface area contributed by atoms with E-state index in [1.165, 1.54) is 75.4 Å². The Bertz CT molecular complexity index is 4730. The Morgan fingerprint density at radius 1 is 0.353 bits per heavy atom. The lowest BCUT2D eigenvalue weighted by Crippen LogP contribution is -2.20. The Kier molecular flexibility index (Phi) is 51.5. The smallest absolute Gasteiger partial charge is 0.270 e. The number of hydrogen-bond acceptors (Lipinski definition) is 18. The minimum atomic E-state index is -1.40. The van der Waals surface area contributed by atoms with E-state index >= 15 is 0 Å². The number of aliphatic imine (C=N–C) groups is 7. The van der Waals surface area contributed by atoms with Gasteiger partial charge in [-0.05, 0) is 172 Å². The molecule has 0 aliphatic carbocycles. The Balaban J connectivity index is 0.000000352. The van der Waals surface area contributed by atoms with Crippen LogP contribution in [0.25, 0.3) is 10.8 Å². The number of phenolic OH excluding ortho intramolecular Hbond substituents is 8. The fourth-order valence-electron chi connectivity index (χ4n) is 10.2. The maximum Gasteiger partial charge on any atom is 0.270 e. The number of phenols is 8. The highest BCUT2D eigenvalue weighted by Gasteiger charge is 2.13. The van der Waals surface area contributed by atoms with Gasteiger partial charge < -0.3 is 45.5 Å². The predicted molar refractivity (Wildman–Crippen MR) is 510 cm³/mol. The topological polar surface area (TPSA) is 304 Å². The second-order valence-corrected chi connectivity index (χ2v) is 40.1. The maximum atomic E-state index is 10.5. The van der Waals surface area contributed by atoms with E-state index in [2.05, 4.69) is 114 Å². The summed E-state index contributed by atoms with van der Waals surface area (Å²) in [5, 5.41) is 88.7. The molecule has 0 aliphatic rings. The highest BCUT2D eigenvalue weighted by molar-refractivity contribution is 6.76. The first-order valence-corrected chi connectivity index (χ1v) is 48.4. The van der Waals surface area contributed by atoms with Crippen LogP contribution < -0.4 is 0 Å². The van der Waals surface area contributed by atoms with E-state index in [0.29, 0.717) is 52.5 Å². The molecule has 119 heavy (non-hydrogen) atoms. The third kappa shape index (κ3) is 46.0. The third-order valence-corrected chi connectivity index (χ3v) is 19.9. The van der Waals surface area contributed by atoms with Crippen LogP contribution in [0.3, 0.4) is 0 Å². The number of non-ortho nitro benzene ring substituents is 1. The minimum absolute atomic E-state index is 0.000420. The molecule has 0 amide bonds. The molecule has 634 valence electrons. The van der Waals surface area contributed by atoms with Crippen LogP contribution in [0.15, 0.2) is 270 Å². The molecule has 0 saturated heterocycles. The summed E-state index contributed by atoms with van der Waals surface area (Å²) in [5.74, 6) is 2.71. The van der Waals surface area contributed by atoms with Gasteiger partial charge in [0.05, 0.1) is 10.6 Å². The quantitative estimate of drug-likeness (QED) is 0.00648. The average Bonchev–Trinajstić information content (AvgIpc) is 0.812. The molecule has 0 saturated carbocycles. The predicted octanol–water partition coefficient (Wildman–Crippen LogP) is 24.5.